The molecule has 2 unspecified atom stereocenters. The molecule has 1 aliphatic rings. The van der Waals surface area contributed by atoms with E-state index in [1.807, 2.05) is 18.2 Å². The van der Waals surface area contributed by atoms with Crippen LogP contribution in [0, 0.1) is 0 Å². The molecule has 0 N–H and O–H groups in total. The van der Waals surface area contributed by atoms with Gasteiger partial charge in [0.1, 0.15) is 4.32 Å². The van der Waals surface area contributed by atoms with Gasteiger partial charge in [-0.15, -0.1) is 0 Å². The quantitative estimate of drug-likeness (QED) is 0.292. The summed E-state index contributed by atoms with van der Waals surface area (Å²) in [6.45, 7) is 0. The molecule has 0 nitrogen and oxygen atoms in total. The molecule has 0 aromatic heterocycles. The third kappa shape index (κ3) is 2.54. The van der Waals surface area contributed by atoms with Crippen molar-refractivity contribution in [3.8, 4) is 0 Å². The Morgan fingerprint density at radius 1 is 0.889 bits per heavy atom. The highest BCUT2D eigenvalue weighted by molar-refractivity contribution is 9.18. The molecule has 1 aliphatic carbocycles. The van der Waals surface area contributed by atoms with Crippen LogP contribution >= 0.6 is 95.6 Å². The fraction of sp³-hybridized carbons (Fsp3) is 0.167. The normalized spacial score (nSPS) is 28.9. The molecular formula is C12H6Br6. The third-order valence-corrected chi connectivity index (χ3v) is 12.0. The summed E-state index contributed by atoms with van der Waals surface area (Å²) in [6.07, 6.45) is 0. The predicted octanol–water partition coefficient (Wildman–Crippen LogP) is 7.06. The van der Waals surface area contributed by atoms with E-state index in [1.165, 1.54) is 5.56 Å². The van der Waals surface area contributed by atoms with Crippen molar-refractivity contribution in [3.05, 3.63) is 53.8 Å². The summed E-state index contributed by atoms with van der Waals surface area (Å²) < 4.78 is 3.74. The number of hydrogen-bond acceptors (Lipinski definition) is 0. The monoisotopic (exact) mass is 624 g/mol. The van der Waals surface area contributed by atoms with E-state index in [9.17, 15) is 0 Å². The van der Waals surface area contributed by atoms with Crippen molar-refractivity contribution in [1.82, 2.24) is 0 Å². The Labute approximate surface area is 156 Å². The Morgan fingerprint density at radius 3 is 2.00 bits per heavy atom. The molecule has 1 aromatic rings. The molecule has 0 aliphatic heterocycles. The molecule has 0 fully saturated rings. The minimum atomic E-state index is -0.344. The van der Waals surface area contributed by atoms with Crippen LogP contribution in [0.4, 0.5) is 0 Å². The summed E-state index contributed by atoms with van der Waals surface area (Å²) in [5.74, 6) is 0. The van der Waals surface area contributed by atoms with E-state index in [0.29, 0.717) is 0 Å². The average molecular weight is 630 g/mol. The molecule has 2 atom stereocenters. The average Bonchev–Trinajstić information content (AvgIpc) is 2.42. The van der Waals surface area contributed by atoms with Crippen LogP contribution in [0.15, 0.2) is 48.3 Å². The maximum Gasteiger partial charge on any atom is 0.100 e. The first-order valence-corrected chi connectivity index (χ1v) is 9.78. The van der Waals surface area contributed by atoms with Gasteiger partial charge in [-0.2, -0.15) is 0 Å². The van der Waals surface area contributed by atoms with E-state index in [-0.39, 0.29) is 9.15 Å². The third-order valence-electron chi connectivity index (χ3n) is 2.68. The van der Waals surface area contributed by atoms with Gasteiger partial charge < -0.3 is 0 Å². The topological polar surface area (TPSA) is 0 Å². The van der Waals surface area contributed by atoms with Crippen LogP contribution in [-0.2, 0) is 4.32 Å². The lowest BCUT2D eigenvalue weighted by atomic mass is 9.92. The summed E-state index contributed by atoms with van der Waals surface area (Å²) in [5, 5.41) is 0. The first-order chi connectivity index (χ1) is 8.40. The lowest BCUT2D eigenvalue weighted by Gasteiger charge is -2.37. The zero-order valence-corrected chi connectivity index (χ0v) is 18.2. The highest BCUT2D eigenvalue weighted by Crippen LogP contribution is 2.58. The number of hydrogen-bond donors (Lipinski definition) is 0. The van der Waals surface area contributed by atoms with Crippen molar-refractivity contribution >= 4 is 95.6 Å². The van der Waals surface area contributed by atoms with E-state index in [0.717, 1.165) is 17.9 Å². The molecule has 18 heavy (non-hydrogen) atoms. The Hall–Kier alpha value is 1.58. The summed E-state index contributed by atoms with van der Waals surface area (Å²) in [5.41, 5.74) is 1.17. The van der Waals surface area contributed by atoms with E-state index < -0.39 is 0 Å². The van der Waals surface area contributed by atoms with Gasteiger partial charge in [0, 0.05) is 17.9 Å². The van der Waals surface area contributed by atoms with Gasteiger partial charge >= 0.3 is 0 Å². The molecule has 1 aromatic carbocycles. The smallest absolute Gasteiger partial charge is 0.0809 e. The number of halogens is 6. The predicted molar refractivity (Wildman–Crippen MR) is 99.5 cm³/mol. The maximum atomic E-state index is 3.88. The SMILES string of the molecule is BrC1=C(Br)C(Br)C(Br)(c2ccccc2)C(Br)=C1Br. The standard InChI is InChI=1S/C12H6Br6/c13-7-8(14)10(16)12(18,11(17)9(7)15)6-4-2-1-3-5-6/h1-5,10H. The minimum Gasteiger partial charge on any atom is -0.0809 e. The van der Waals surface area contributed by atoms with Gasteiger partial charge in [0.25, 0.3) is 0 Å². The summed E-state index contributed by atoms with van der Waals surface area (Å²) in [7, 11) is 0. The van der Waals surface area contributed by atoms with Crippen LogP contribution < -0.4 is 0 Å². The largest absolute Gasteiger partial charge is 0.100 e. The second-order valence-corrected chi connectivity index (χ2v) is 9.13. The van der Waals surface area contributed by atoms with Gasteiger partial charge in [0.2, 0.25) is 0 Å². The Bertz CT molecular complexity index is 533. The molecule has 96 valence electrons. The summed E-state index contributed by atoms with van der Waals surface area (Å²) in [6, 6.07) is 10.3. The van der Waals surface area contributed by atoms with Crippen molar-refractivity contribution in [3.63, 3.8) is 0 Å². The molecule has 0 spiro atoms. The molecule has 6 heteroatoms. The van der Waals surface area contributed by atoms with E-state index >= 15 is 0 Å². The van der Waals surface area contributed by atoms with Gasteiger partial charge in [-0.3, -0.25) is 0 Å². The second kappa shape index (κ2) is 6.14. The Morgan fingerprint density at radius 2 is 1.44 bits per heavy atom. The molecule has 0 bridgehead atoms. The van der Waals surface area contributed by atoms with E-state index in [4.69, 9.17) is 0 Å². The number of rotatable bonds is 1. The van der Waals surface area contributed by atoms with Crippen LogP contribution in [0.5, 0.6) is 0 Å². The Kier molecular flexibility index (Phi) is 5.44. The van der Waals surface area contributed by atoms with Gasteiger partial charge in [-0.25, -0.2) is 0 Å². The molecule has 0 saturated heterocycles. The molecule has 0 saturated carbocycles. The highest BCUT2D eigenvalue weighted by Gasteiger charge is 2.46. The van der Waals surface area contributed by atoms with Crippen LogP contribution in [0.25, 0.3) is 0 Å². The highest BCUT2D eigenvalue weighted by atomic mass is 79.9. The summed E-state index contributed by atoms with van der Waals surface area (Å²) in [4.78, 5) is 0.0810. The van der Waals surface area contributed by atoms with Gasteiger partial charge in [-0.05, 0) is 37.4 Å². The first-order valence-electron chi connectivity index (χ1n) is 4.90. The van der Waals surface area contributed by atoms with Crippen LogP contribution in [-0.4, -0.2) is 4.83 Å². The van der Waals surface area contributed by atoms with E-state index in [1.54, 1.807) is 0 Å². The molecule has 0 radical (unpaired) electrons. The van der Waals surface area contributed by atoms with Crippen molar-refractivity contribution in [2.75, 3.05) is 0 Å². The lowest BCUT2D eigenvalue weighted by Crippen LogP contribution is -2.33. The number of alkyl halides is 2. The molecule has 0 heterocycles. The fourth-order valence-electron chi connectivity index (χ4n) is 1.71. The van der Waals surface area contributed by atoms with Crippen LogP contribution in [0.2, 0.25) is 0 Å². The Balaban J connectivity index is 2.66. The van der Waals surface area contributed by atoms with Crippen molar-refractivity contribution in [2.45, 2.75) is 9.15 Å². The zero-order chi connectivity index (χ0) is 13.5. The van der Waals surface area contributed by atoms with Gasteiger partial charge in [-0.1, -0.05) is 94.1 Å². The molecule has 2 rings (SSSR count). The molecule has 0 amide bonds. The van der Waals surface area contributed by atoms with Gasteiger partial charge in [0.15, 0.2) is 0 Å². The van der Waals surface area contributed by atoms with Crippen LogP contribution in [0.3, 0.4) is 0 Å². The molecular weight excluding hydrogens is 624 g/mol. The van der Waals surface area contributed by atoms with Gasteiger partial charge in [0.05, 0.1) is 4.83 Å². The minimum absolute atomic E-state index is 0.0810. The van der Waals surface area contributed by atoms with E-state index in [2.05, 4.69) is 108 Å². The summed E-state index contributed by atoms with van der Waals surface area (Å²) >= 11 is 22.1. The fourth-order valence-corrected chi connectivity index (χ4v) is 7.00. The first kappa shape index (κ1) is 16.0. The number of benzene rings is 1. The van der Waals surface area contributed by atoms with Crippen molar-refractivity contribution in [1.29, 1.82) is 0 Å². The zero-order valence-electron chi connectivity index (χ0n) is 8.73. The lowest BCUT2D eigenvalue weighted by molar-refractivity contribution is 0.806. The second-order valence-electron chi connectivity index (χ2n) is 3.73. The van der Waals surface area contributed by atoms with Crippen molar-refractivity contribution < 1.29 is 0 Å². The van der Waals surface area contributed by atoms with Crippen LogP contribution in [0.1, 0.15) is 5.56 Å². The van der Waals surface area contributed by atoms with Crippen molar-refractivity contribution in [2.24, 2.45) is 0 Å². The number of allylic oxidation sites excluding steroid dienone is 4. The maximum absolute atomic E-state index is 3.88.